The van der Waals surface area contributed by atoms with Crippen molar-refractivity contribution in [2.24, 2.45) is 35.5 Å². The number of thioether (sulfide) groups is 1. The fourth-order valence-electron chi connectivity index (χ4n) is 10.2. The Bertz CT molecular complexity index is 660. The quantitative estimate of drug-likeness (QED) is 0.678. The van der Waals surface area contributed by atoms with Crippen LogP contribution in [0.15, 0.2) is 0 Å². The highest BCUT2D eigenvalue weighted by atomic mass is 32.2. The van der Waals surface area contributed by atoms with E-state index in [1.54, 1.807) is 11.8 Å². The first-order valence-electron chi connectivity index (χ1n) is 13.2. The molecule has 0 radical (unpaired) electrons. The number of amides is 2. The van der Waals surface area contributed by atoms with E-state index in [1.807, 2.05) is 0 Å². The lowest BCUT2D eigenvalue weighted by Gasteiger charge is -2.57. The lowest BCUT2D eigenvalue weighted by atomic mass is 9.53. The highest BCUT2D eigenvalue weighted by Gasteiger charge is 2.54. The van der Waals surface area contributed by atoms with Crippen molar-refractivity contribution in [2.45, 2.75) is 111 Å². The van der Waals surface area contributed by atoms with E-state index >= 15 is 0 Å². The predicted octanol–water partition coefficient (Wildman–Crippen LogP) is 4.42. The van der Waals surface area contributed by atoms with Gasteiger partial charge in [0.05, 0.1) is 10.5 Å². The number of hydrogen-bond donors (Lipinski definition) is 2. The van der Waals surface area contributed by atoms with Crippen LogP contribution < -0.4 is 10.6 Å². The van der Waals surface area contributed by atoms with Crippen molar-refractivity contribution in [3.05, 3.63) is 0 Å². The molecule has 4 nitrogen and oxygen atoms in total. The predicted molar refractivity (Wildman–Crippen MR) is 122 cm³/mol. The van der Waals surface area contributed by atoms with Gasteiger partial charge in [-0.05, 0) is 125 Å². The summed E-state index contributed by atoms with van der Waals surface area (Å²) in [6.07, 6.45) is 17.4. The van der Waals surface area contributed by atoms with Crippen LogP contribution in [0.1, 0.15) is 89.9 Å². The Morgan fingerprint density at radius 1 is 0.548 bits per heavy atom. The molecule has 2 N–H and O–H groups in total. The summed E-state index contributed by atoms with van der Waals surface area (Å²) in [7, 11) is 0. The minimum Gasteiger partial charge on any atom is -0.350 e. The van der Waals surface area contributed by atoms with Gasteiger partial charge >= 0.3 is 0 Å². The number of carbonyl (C=O) groups excluding carboxylic acids is 2. The second-order valence-corrected chi connectivity index (χ2v) is 14.5. The Kier molecular flexibility index (Phi) is 4.39. The monoisotopic (exact) mass is 442 g/mol. The van der Waals surface area contributed by atoms with Crippen LogP contribution in [0.3, 0.4) is 0 Å². The first-order valence-corrected chi connectivity index (χ1v) is 14.2. The van der Waals surface area contributed by atoms with Crippen LogP contribution in [-0.4, -0.2) is 33.4 Å². The summed E-state index contributed by atoms with van der Waals surface area (Å²) >= 11 is 1.66. The number of nitrogens with one attached hydrogen (secondary N) is 2. The third-order valence-corrected chi connectivity index (χ3v) is 12.0. The van der Waals surface area contributed by atoms with Gasteiger partial charge in [-0.15, -0.1) is 11.8 Å². The van der Waals surface area contributed by atoms with Crippen molar-refractivity contribution in [2.75, 3.05) is 0 Å². The normalized spacial score (nSPS) is 53.7. The van der Waals surface area contributed by atoms with Gasteiger partial charge in [-0.3, -0.25) is 9.59 Å². The maximum atomic E-state index is 13.2. The van der Waals surface area contributed by atoms with Gasteiger partial charge in [-0.2, -0.15) is 0 Å². The summed E-state index contributed by atoms with van der Waals surface area (Å²) in [5.41, 5.74) is 0.178. The second-order valence-electron chi connectivity index (χ2n) is 13.1. The van der Waals surface area contributed by atoms with E-state index in [1.165, 1.54) is 77.0 Å². The molecule has 0 spiro atoms. The molecule has 2 unspecified atom stereocenters. The average Bonchev–Trinajstić information content (AvgIpc) is 3.15. The fraction of sp³-hybridized carbons (Fsp3) is 0.923. The molecule has 0 aromatic rings. The lowest BCUT2D eigenvalue weighted by Crippen LogP contribution is -2.61. The maximum Gasteiger partial charge on any atom is 0.233 e. The molecule has 5 heteroatoms. The Morgan fingerprint density at radius 2 is 0.839 bits per heavy atom. The van der Waals surface area contributed by atoms with Crippen molar-refractivity contribution in [3.63, 3.8) is 0 Å². The van der Waals surface area contributed by atoms with Crippen LogP contribution in [0.5, 0.6) is 0 Å². The molecule has 170 valence electrons. The molecule has 1 saturated heterocycles. The molecule has 0 aromatic heterocycles. The van der Waals surface area contributed by atoms with E-state index in [-0.39, 0.29) is 33.4 Å². The molecular weight excluding hydrogens is 404 g/mol. The maximum absolute atomic E-state index is 13.2. The molecule has 1 heterocycles. The summed E-state index contributed by atoms with van der Waals surface area (Å²) in [4.78, 5) is 26.5. The van der Waals surface area contributed by atoms with Crippen molar-refractivity contribution in [1.82, 2.24) is 10.6 Å². The molecule has 31 heavy (non-hydrogen) atoms. The molecule has 8 saturated carbocycles. The van der Waals surface area contributed by atoms with E-state index in [0.717, 1.165) is 48.3 Å². The van der Waals surface area contributed by atoms with Crippen molar-refractivity contribution >= 4 is 23.6 Å². The molecule has 0 aromatic carbocycles. The minimum absolute atomic E-state index is 0.0277. The van der Waals surface area contributed by atoms with Crippen molar-refractivity contribution in [3.8, 4) is 0 Å². The Labute approximate surface area is 190 Å². The molecule has 8 aliphatic carbocycles. The molecule has 2 amide bonds. The van der Waals surface area contributed by atoms with Crippen LogP contribution in [0.25, 0.3) is 0 Å². The zero-order valence-corrected chi connectivity index (χ0v) is 19.6. The fourth-order valence-corrected chi connectivity index (χ4v) is 11.5. The summed E-state index contributed by atoms with van der Waals surface area (Å²) < 4.78 is 0. The van der Waals surface area contributed by atoms with Crippen LogP contribution in [0.4, 0.5) is 0 Å². The summed E-state index contributed by atoms with van der Waals surface area (Å²) in [5, 5.41) is 7.07. The first-order chi connectivity index (χ1) is 14.9. The molecule has 1 aliphatic heterocycles. The molecule has 8 bridgehead atoms. The van der Waals surface area contributed by atoms with E-state index in [0.29, 0.717) is 0 Å². The summed E-state index contributed by atoms with van der Waals surface area (Å²) in [5.74, 6) is 5.56. The van der Waals surface area contributed by atoms with Crippen LogP contribution in [0.2, 0.25) is 0 Å². The van der Waals surface area contributed by atoms with Gasteiger partial charge in [0.25, 0.3) is 0 Å². The average molecular weight is 443 g/mol. The smallest absolute Gasteiger partial charge is 0.233 e. The van der Waals surface area contributed by atoms with Crippen LogP contribution in [0, 0.1) is 35.5 Å². The molecule has 9 rings (SSSR count). The molecule has 2 atom stereocenters. The number of hydrogen-bond acceptors (Lipinski definition) is 3. The van der Waals surface area contributed by atoms with E-state index in [4.69, 9.17) is 0 Å². The van der Waals surface area contributed by atoms with Gasteiger partial charge in [0, 0.05) is 11.1 Å². The topological polar surface area (TPSA) is 58.2 Å². The summed E-state index contributed by atoms with van der Waals surface area (Å²) in [6.45, 7) is 0. The third-order valence-electron chi connectivity index (χ3n) is 10.5. The van der Waals surface area contributed by atoms with Crippen molar-refractivity contribution < 1.29 is 9.59 Å². The Balaban J connectivity index is 0.975. The van der Waals surface area contributed by atoms with E-state index in [9.17, 15) is 9.59 Å². The van der Waals surface area contributed by atoms with Crippen molar-refractivity contribution in [1.29, 1.82) is 0 Å². The van der Waals surface area contributed by atoms with Crippen LogP contribution in [-0.2, 0) is 9.59 Å². The Morgan fingerprint density at radius 3 is 1.13 bits per heavy atom. The van der Waals surface area contributed by atoms with E-state index < -0.39 is 0 Å². The zero-order chi connectivity index (χ0) is 20.8. The van der Waals surface area contributed by atoms with Gasteiger partial charge in [0.1, 0.15) is 0 Å². The highest BCUT2D eigenvalue weighted by molar-refractivity contribution is 8.02. The van der Waals surface area contributed by atoms with Gasteiger partial charge < -0.3 is 10.6 Å². The molecular formula is C26H38N2O2S. The second kappa shape index (κ2) is 6.90. The van der Waals surface area contributed by atoms with Gasteiger partial charge in [0.15, 0.2) is 0 Å². The SMILES string of the molecule is O=C(NC12CC3CC(CC(C3)C1)C2)C1CCC(C(=O)NC23CC4CC(CC(C4)C2)C3)S1. The van der Waals surface area contributed by atoms with Crippen LogP contribution >= 0.6 is 11.8 Å². The van der Waals surface area contributed by atoms with Gasteiger partial charge in [-0.1, -0.05) is 0 Å². The first kappa shape index (κ1) is 19.7. The minimum atomic E-state index is -0.0277. The number of rotatable bonds is 4. The van der Waals surface area contributed by atoms with Gasteiger partial charge in [-0.25, -0.2) is 0 Å². The largest absolute Gasteiger partial charge is 0.350 e. The zero-order valence-electron chi connectivity index (χ0n) is 18.7. The van der Waals surface area contributed by atoms with Gasteiger partial charge in [0.2, 0.25) is 11.8 Å². The lowest BCUT2D eigenvalue weighted by molar-refractivity contribution is -0.127. The molecule has 9 fully saturated rings. The van der Waals surface area contributed by atoms with E-state index in [2.05, 4.69) is 10.6 Å². The highest BCUT2D eigenvalue weighted by Crippen LogP contribution is 2.57. The Hall–Kier alpha value is -0.710. The standard InChI is InChI=1S/C26H38N2O2S/c29-23(27-25-9-15-3-16(10-25)5-17(4-15)11-25)21-1-2-22(31-21)24(30)28-26-12-18-6-19(13-26)8-20(7-18)14-26/h15-22H,1-14H2,(H,27,29)(H,28,30). The number of carbonyl (C=O) groups is 2. The molecule has 9 aliphatic rings. The summed E-state index contributed by atoms with van der Waals surface area (Å²) in [6, 6.07) is 0. The third kappa shape index (κ3) is 3.38.